The van der Waals surface area contributed by atoms with Gasteiger partial charge in [0.15, 0.2) is 0 Å². The van der Waals surface area contributed by atoms with E-state index in [0.717, 1.165) is 30.4 Å². The standard InChI is InChI=1S/C23H20ClF3N8/c24-18-4-15(25)5-19-22(18)35(12-30-19)17-3-1-2-16(6-17)32-23-29-8-13(7-28)21(33-23)14-9-31-34(10-14)11-20(26)27/h4-5,8-10,12,16-17,20H,1-3,6,11H2,(H,29,32,33)/t16-,17+/m1/s1. The Balaban J connectivity index is 1.36. The van der Waals surface area contributed by atoms with Crippen LogP contribution >= 0.6 is 11.6 Å². The van der Waals surface area contributed by atoms with Crippen molar-refractivity contribution in [2.75, 3.05) is 5.32 Å². The van der Waals surface area contributed by atoms with Gasteiger partial charge in [-0.15, -0.1) is 0 Å². The van der Waals surface area contributed by atoms with Crippen molar-refractivity contribution in [2.45, 2.75) is 50.7 Å². The van der Waals surface area contributed by atoms with Gasteiger partial charge in [-0.2, -0.15) is 10.4 Å². The number of nitrogens with one attached hydrogen (secondary N) is 1. The van der Waals surface area contributed by atoms with E-state index in [-0.39, 0.29) is 17.6 Å². The Kier molecular flexibility index (Phi) is 6.30. The number of hydrogen-bond donors (Lipinski definition) is 1. The SMILES string of the molecule is N#Cc1cnc(N[C@@H]2CCC[C@H](n3cnc4cc(F)cc(Cl)c43)C2)nc1-c1cnn(CC(F)F)c1. The van der Waals surface area contributed by atoms with Crippen molar-refractivity contribution in [2.24, 2.45) is 0 Å². The molecule has 1 fully saturated rings. The zero-order valence-corrected chi connectivity index (χ0v) is 19.1. The number of benzene rings is 1. The molecule has 1 N–H and O–H groups in total. The third kappa shape index (κ3) is 4.79. The molecule has 35 heavy (non-hydrogen) atoms. The fraction of sp³-hybridized carbons (Fsp3) is 0.348. The van der Waals surface area contributed by atoms with Gasteiger partial charge in [0.2, 0.25) is 5.95 Å². The van der Waals surface area contributed by atoms with Crippen molar-refractivity contribution in [1.82, 2.24) is 29.3 Å². The van der Waals surface area contributed by atoms with Crippen LogP contribution in [0.15, 0.2) is 37.1 Å². The molecule has 0 saturated heterocycles. The number of alkyl halides is 2. The molecular formula is C23H20ClF3N8. The van der Waals surface area contributed by atoms with Crippen LogP contribution in [-0.2, 0) is 6.54 Å². The Labute approximate surface area is 203 Å². The third-order valence-corrected chi connectivity index (χ3v) is 6.39. The first-order chi connectivity index (χ1) is 16.9. The minimum absolute atomic E-state index is 0.0350. The number of rotatable bonds is 6. The van der Waals surface area contributed by atoms with Crippen LogP contribution in [0.2, 0.25) is 5.02 Å². The molecule has 180 valence electrons. The summed E-state index contributed by atoms with van der Waals surface area (Å²) >= 11 is 6.32. The fourth-order valence-corrected chi connectivity index (χ4v) is 4.87. The van der Waals surface area contributed by atoms with Gasteiger partial charge in [-0.05, 0) is 31.7 Å². The Morgan fingerprint density at radius 3 is 2.89 bits per heavy atom. The van der Waals surface area contributed by atoms with Crippen molar-refractivity contribution >= 4 is 28.6 Å². The van der Waals surface area contributed by atoms with Crippen LogP contribution in [0.3, 0.4) is 0 Å². The summed E-state index contributed by atoms with van der Waals surface area (Å²) in [6.45, 7) is -0.541. The number of fused-ring (bicyclic) bond motifs is 1. The van der Waals surface area contributed by atoms with Crippen molar-refractivity contribution in [3.8, 4) is 17.3 Å². The van der Waals surface area contributed by atoms with Crippen molar-refractivity contribution in [3.05, 3.63) is 53.5 Å². The highest BCUT2D eigenvalue weighted by atomic mass is 35.5. The van der Waals surface area contributed by atoms with Gasteiger partial charge in [0.25, 0.3) is 6.43 Å². The number of nitrogens with zero attached hydrogens (tertiary/aromatic N) is 7. The van der Waals surface area contributed by atoms with Crippen LogP contribution in [0, 0.1) is 17.1 Å². The predicted octanol–water partition coefficient (Wildman–Crippen LogP) is 5.21. The van der Waals surface area contributed by atoms with Gasteiger partial charge in [0.05, 0.1) is 46.0 Å². The second kappa shape index (κ2) is 9.54. The summed E-state index contributed by atoms with van der Waals surface area (Å²) in [6.07, 6.45) is 6.88. The maximum Gasteiger partial charge on any atom is 0.257 e. The van der Waals surface area contributed by atoms with Crippen molar-refractivity contribution in [1.29, 1.82) is 5.26 Å². The van der Waals surface area contributed by atoms with Crippen LogP contribution in [0.25, 0.3) is 22.3 Å². The molecule has 0 spiro atoms. The average molecular weight is 501 g/mol. The molecular weight excluding hydrogens is 481 g/mol. The van der Waals surface area contributed by atoms with Gasteiger partial charge in [-0.3, -0.25) is 4.68 Å². The summed E-state index contributed by atoms with van der Waals surface area (Å²) in [5, 5.41) is 17.1. The van der Waals surface area contributed by atoms with E-state index in [2.05, 4.69) is 25.4 Å². The minimum Gasteiger partial charge on any atom is -0.351 e. The number of imidazole rings is 1. The number of hydrogen-bond acceptors (Lipinski definition) is 6. The van der Waals surface area contributed by atoms with E-state index >= 15 is 0 Å². The van der Waals surface area contributed by atoms with Crippen molar-refractivity contribution in [3.63, 3.8) is 0 Å². The Morgan fingerprint density at radius 1 is 1.23 bits per heavy atom. The van der Waals surface area contributed by atoms with Gasteiger partial charge >= 0.3 is 0 Å². The highest BCUT2D eigenvalue weighted by Gasteiger charge is 2.26. The number of anilines is 1. The molecule has 0 radical (unpaired) electrons. The molecule has 0 aliphatic heterocycles. The molecule has 12 heteroatoms. The molecule has 2 atom stereocenters. The largest absolute Gasteiger partial charge is 0.351 e. The molecule has 3 heterocycles. The van der Waals surface area contributed by atoms with E-state index in [1.807, 2.05) is 10.6 Å². The van der Waals surface area contributed by atoms with E-state index in [1.54, 1.807) is 6.33 Å². The normalized spacial score (nSPS) is 18.2. The lowest BCUT2D eigenvalue weighted by Gasteiger charge is -2.31. The maximum absolute atomic E-state index is 13.7. The molecule has 0 bridgehead atoms. The summed E-state index contributed by atoms with van der Waals surface area (Å²) in [7, 11) is 0. The Bertz CT molecular complexity index is 1410. The summed E-state index contributed by atoms with van der Waals surface area (Å²) in [4.78, 5) is 13.1. The zero-order valence-electron chi connectivity index (χ0n) is 18.4. The highest BCUT2D eigenvalue weighted by molar-refractivity contribution is 6.35. The lowest BCUT2D eigenvalue weighted by molar-refractivity contribution is 0.122. The van der Waals surface area contributed by atoms with Gasteiger partial charge in [-0.25, -0.2) is 28.1 Å². The first-order valence-corrected chi connectivity index (χ1v) is 11.5. The molecule has 8 nitrogen and oxygen atoms in total. The van der Waals surface area contributed by atoms with Crippen LogP contribution < -0.4 is 5.32 Å². The maximum atomic E-state index is 13.7. The summed E-state index contributed by atoms with van der Waals surface area (Å²) < 4.78 is 42.2. The summed E-state index contributed by atoms with van der Waals surface area (Å²) in [6, 6.07) is 4.83. The van der Waals surface area contributed by atoms with Gasteiger partial charge < -0.3 is 9.88 Å². The van der Waals surface area contributed by atoms with E-state index in [0.29, 0.717) is 33.3 Å². The smallest absolute Gasteiger partial charge is 0.257 e. The Morgan fingerprint density at radius 2 is 2.09 bits per heavy atom. The molecule has 4 aromatic rings. The van der Waals surface area contributed by atoms with Crippen LogP contribution in [0.1, 0.15) is 37.3 Å². The monoisotopic (exact) mass is 500 g/mol. The lowest BCUT2D eigenvalue weighted by Crippen LogP contribution is -2.29. The molecule has 1 aliphatic carbocycles. The average Bonchev–Trinajstić information content (AvgIpc) is 3.46. The summed E-state index contributed by atoms with van der Waals surface area (Å²) in [5.41, 5.74) is 2.22. The molecule has 1 aromatic carbocycles. The first kappa shape index (κ1) is 23.1. The zero-order chi connectivity index (χ0) is 24.5. The minimum atomic E-state index is -2.54. The van der Waals surface area contributed by atoms with E-state index in [4.69, 9.17) is 11.6 Å². The molecule has 1 aliphatic rings. The van der Waals surface area contributed by atoms with Gasteiger partial charge in [0.1, 0.15) is 18.4 Å². The molecule has 1 saturated carbocycles. The van der Waals surface area contributed by atoms with Gasteiger partial charge in [-0.1, -0.05) is 11.6 Å². The van der Waals surface area contributed by atoms with Crippen LogP contribution in [0.4, 0.5) is 19.1 Å². The lowest BCUT2D eigenvalue weighted by atomic mass is 9.90. The molecule has 5 rings (SSSR count). The van der Waals surface area contributed by atoms with Crippen LogP contribution in [0.5, 0.6) is 0 Å². The van der Waals surface area contributed by atoms with E-state index < -0.39 is 18.8 Å². The second-order valence-electron chi connectivity index (χ2n) is 8.48. The molecule has 0 unspecified atom stereocenters. The number of aromatic nitrogens is 6. The first-order valence-electron chi connectivity index (χ1n) is 11.1. The summed E-state index contributed by atoms with van der Waals surface area (Å²) in [5.74, 6) is -0.0914. The van der Waals surface area contributed by atoms with E-state index in [1.165, 1.54) is 30.7 Å². The predicted molar refractivity (Wildman–Crippen MR) is 124 cm³/mol. The second-order valence-corrected chi connectivity index (χ2v) is 8.89. The Hall–Kier alpha value is -3.65. The van der Waals surface area contributed by atoms with Crippen molar-refractivity contribution < 1.29 is 13.2 Å². The third-order valence-electron chi connectivity index (χ3n) is 6.10. The molecule has 0 amide bonds. The highest BCUT2D eigenvalue weighted by Crippen LogP contribution is 2.35. The number of nitriles is 1. The fourth-order valence-electron chi connectivity index (χ4n) is 4.58. The quantitative estimate of drug-likeness (QED) is 0.390. The topological polar surface area (TPSA) is 97.2 Å². The number of halogens is 4. The van der Waals surface area contributed by atoms with Crippen LogP contribution in [-0.4, -0.2) is 41.8 Å². The molecule has 3 aromatic heterocycles. The van der Waals surface area contributed by atoms with Gasteiger partial charge in [0, 0.05) is 29.9 Å². The van der Waals surface area contributed by atoms with E-state index in [9.17, 15) is 18.4 Å².